The molecule has 0 saturated heterocycles. The number of halogens is 1. The SMILES string of the molecule is Cn1nnc(Br)c1S(=O)(=O)Nc1ccc(N)cc1C#N. The number of nitrogens with one attached hydrogen (secondary N) is 1. The van der Waals surface area contributed by atoms with E-state index in [1.165, 1.54) is 25.2 Å². The lowest BCUT2D eigenvalue weighted by Crippen LogP contribution is -2.18. The number of anilines is 2. The summed E-state index contributed by atoms with van der Waals surface area (Å²) in [5.41, 5.74) is 6.18. The molecule has 0 aliphatic rings. The van der Waals surface area contributed by atoms with E-state index in [-0.39, 0.29) is 20.9 Å². The maximum absolute atomic E-state index is 12.3. The summed E-state index contributed by atoms with van der Waals surface area (Å²) in [7, 11) is -2.48. The monoisotopic (exact) mass is 356 g/mol. The van der Waals surface area contributed by atoms with Gasteiger partial charge in [-0.2, -0.15) is 13.7 Å². The molecule has 0 bridgehead atoms. The number of nitrogens with zero attached hydrogens (tertiary/aromatic N) is 4. The van der Waals surface area contributed by atoms with Gasteiger partial charge in [0.15, 0.2) is 4.60 Å². The number of sulfonamides is 1. The minimum Gasteiger partial charge on any atom is -0.399 e. The molecule has 1 aromatic heterocycles. The highest BCUT2D eigenvalue weighted by molar-refractivity contribution is 9.10. The van der Waals surface area contributed by atoms with Gasteiger partial charge in [-0.15, -0.1) is 5.10 Å². The Morgan fingerprint density at radius 1 is 1.50 bits per heavy atom. The van der Waals surface area contributed by atoms with Gasteiger partial charge in [-0.05, 0) is 34.1 Å². The van der Waals surface area contributed by atoms with Crippen LogP contribution in [0.25, 0.3) is 0 Å². The number of hydrogen-bond acceptors (Lipinski definition) is 6. The van der Waals surface area contributed by atoms with Crippen molar-refractivity contribution in [1.82, 2.24) is 15.0 Å². The Morgan fingerprint density at radius 2 is 2.20 bits per heavy atom. The number of aryl methyl sites for hydroxylation is 1. The van der Waals surface area contributed by atoms with Crippen LogP contribution in [0.5, 0.6) is 0 Å². The summed E-state index contributed by atoms with van der Waals surface area (Å²) in [5, 5.41) is 16.1. The predicted octanol–water partition coefficient (Wildman–Crippen LogP) is 0.832. The lowest BCUT2D eigenvalue weighted by atomic mass is 10.2. The van der Waals surface area contributed by atoms with E-state index in [4.69, 9.17) is 11.0 Å². The molecule has 0 amide bonds. The number of nitrogens with two attached hydrogens (primary N) is 1. The molecule has 2 rings (SSSR count). The summed E-state index contributed by atoms with van der Waals surface area (Å²) in [6.07, 6.45) is 0. The van der Waals surface area contributed by atoms with E-state index in [1.54, 1.807) is 0 Å². The quantitative estimate of drug-likeness (QED) is 0.784. The van der Waals surface area contributed by atoms with Crippen molar-refractivity contribution in [2.45, 2.75) is 5.03 Å². The highest BCUT2D eigenvalue weighted by Gasteiger charge is 2.24. The fourth-order valence-corrected chi connectivity index (χ4v) is 3.72. The molecular formula is C10H9BrN6O2S. The van der Waals surface area contributed by atoms with Crippen LogP contribution in [-0.2, 0) is 17.1 Å². The van der Waals surface area contributed by atoms with Crippen LogP contribution in [0.2, 0.25) is 0 Å². The fourth-order valence-electron chi connectivity index (χ4n) is 1.54. The van der Waals surface area contributed by atoms with Gasteiger partial charge in [-0.3, -0.25) is 4.72 Å². The molecule has 8 nitrogen and oxygen atoms in total. The normalized spacial score (nSPS) is 11.1. The van der Waals surface area contributed by atoms with Crippen molar-refractivity contribution in [3.63, 3.8) is 0 Å². The molecule has 20 heavy (non-hydrogen) atoms. The maximum atomic E-state index is 12.3. The van der Waals surface area contributed by atoms with Crippen LogP contribution >= 0.6 is 15.9 Å². The van der Waals surface area contributed by atoms with Crippen molar-refractivity contribution in [3.05, 3.63) is 28.4 Å². The van der Waals surface area contributed by atoms with E-state index in [0.717, 1.165) is 4.68 Å². The number of nitriles is 1. The zero-order valence-electron chi connectivity index (χ0n) is 10.2. The molecule has 2 aromatic rings. The highest BCUT2D eigenvalue weighted by Crippen LogP contribution is 2.24. The van der Waals surface area contributed by atoms with Crippen LogP contribution in [0.15, 0.2) is 27.8 Å². The van der Waals surface area contributed by atoms with Gasteiger partial charge in [0.1, 0.15) is 6.07 Å². The first-order chi connectivity index (χ1) is 9.35. The van der Waals surface area contributed by atoms with Crippen molar-refractivity contribution in [3.8, 4) is 6.07 Å². The third-order valence-corrected chi connectivity index (χ3v) is 4.65. The van der Waals surface area contributed by atoms with E-state index in [0.29, 0.717) is 5.69 Å². The Bertz CT molecular complexity index is 788. The second kappa shape index (κ2) is 5.10. The van der Waals surface area contributed by atoms with Crippen molar-refractivity contribution in [1.29, 1.82) is 5.26 Å². The molecule has 0 unspecified atom stereocenters. The van der Waals surface area contributed by atoms with Crippen molar-refractivity contribution < 1.29 is 8.42 Å². The smallest absolute Gasteiger partial charge is 0.281 e. The van der Waals surface area contributed by atoms with Gasteiger partial charge in [-0.1, -0.05) is 5.21 Å². The number of hydrogen-bond donors (Lipinski definition) is 2. The molecule has 0 fully saturated rings. The molecular weight excluding hydrogens is 348 g/mol. The number of nitrogen functional groups attached to an aromatic ring is 1. The van der Waals surface area contributed by atoms with Gasteiger partial charge in [0.05, 0.1) is 11.3 Å². The van der Waals surface area contributed by atoms with Gasteiger partial charge in [0.25, 0.3) is 10.0 Å². The largest absolute Gasteiger partial charge is 0.399 e. The molecule has 1 aromatic carbocycles. The van der Waals surface area contributed by atoms with Crippen LogP contribution in [-0.4, -0.2) is 23.4 Å². The zero-order chi connectivity index (χ0) is 14.9. The molecule has 0 atom stereocenters. The molecule has 3 N–H and O–H groups in total. The summed E-state index contributed by atoms with van der Waals surface area (Å²) in [6, 6.07) is 6.18. The first-order valence-corrected chi connectivity index (χ1v) is 7.50. The third-order valence-electron chi connectivity index (χ3n) is 2.40. The second-order valence-corrected chi connectivity index (χ2v) is 6.18. The van der Waals surface area contributed by atoms with Gasteiger partial charge >= 0.3 is 0 Å². The Hall–Kier alpha value is -2.12. The van der Waals surface area contributed by atoms with Crippen LogP contribution in [0, 0.1) is 11.3 Å². The van der Waals surface area contributed by atoms with E-state index < -0.39 is 10.0 Å². The molecule has 0 aliphatic carbocycles. The minimum absolute atomic E-state index is 0.0847. The first-order valence-electron chi connectivity index (χ1n) is 5.23. The van der Waals surface area contributed by atoms with E-state index >= 15 is 0 Å². The maximum Gasteiger partial charge on any atom is 0.281 e. The summed E-state index contributed by atoms with van der Waals surface area (Å²) in [4.78, 5) is 0. The van der Waals surface area contributed by atoms with E-state index in [1.807, 2.05) is 6.07 Å². The van der Waals surface area contributed by atoms with Gasteiger partial charge in [-0.25, -0.2) is 4.68 Å². The van der Waals surface area contributed by atoms with Gasteiger partial charge < -0.3 is 5.73 Å². The van der Waals surface area contributed by atoms with Crippen molar-refractivity contribution in [2.24, 2.45) is 7.05 Å². The van der Waals surface area contributed by atoms with Crippen LogP contribution in [0.3, 0.4) is 0 Å². The number of rotatable bonds is 3. The summed E-state index contributed by atoms with van der Waals surface area (Å²) in [5.74, 6) is 0. The van der Waals surface area contributed by atoms with Crippen LogP contribution < -0.4 is 10.5 Å². The topological polar surface area (TPSA) is 127 Å². The predicted molar refractivity (Wildman–Crippen MR) is 75.1 cm³/mol. The molecule has 0 radical (unpaired) electrons. The second-order valence-electron chi connectivity index (χ2n) is 3.83. The Morgan fingerprint density at radius 3 is 2.75 bits per heavy atom. The van der Waals surface area contributed by atoms with Gasteiger partial charge in [0, 0.05) is 12.7 Å². The van der Waals surface area contributed by atoms with Crippen molar-refractivity contribution in [2.75, 3.05) is 10.5 Å². The highest BCUT2D eigenvalue weighted by atomic mass is 79.9. The van der Waals surface area contributed by atoms with E-state index in [2.05, 4.69) is 31.0 Å². The van der Waals surface area contributed by atoms with E-state index in [9.17, 15) is 8.42 Å². The number of aromatic nitrogens is 3. The van der Waals surface area contributed by atoms with Crippen molar-refractivity contribution >= 4 is 37.3 Å². The molecule has 10 heteroatoms. The molecule has 0 spiro atoms. The number of benzene rings is 1. The standard InChI is InChI=1S/C10H9BrN6O2S/c1-17-10(9(11)14-16-17)20(18,19)15-8-3-2-7(13)4-6(8)5-12/h2-4,15H,13H2,1H3. The lowest BCUT2D eigenvalue weighted by Gasteiger charge is -2.09. The average molecular weight is 357 g/mol. The Kier molecular flexibility index (Phi) is 3.65. The summed E-state index contributed by atoms with van der Waals surface area (Å²) < 4.78 is 28.1. The molecule has 0 saturated carbocycles. The molecule has 104 valence electrons. The average Bonchev–Trinajstić information content (AvgIpc) is 2.71. The third kappa shape index (κ3) is 2.59. The summed E-state index contributed by atoms with van der Waals surface area (Å²) in [6.45, 7) is 0. The minimum atomic E-state index is -3.93. The first kappa shape index (κ1) is 14.3. The van der Waals surface area contributed by atoms with Gasteiger partial charge in [0.2, 0.25) is 5.03 Å². The molecule has 0 aliphatic heterocycles. The fraction of sp³-hybridized carbons (Fsp3) is 0.100. The zero-order valence-corrected chi connectivity index (χ0v) is 12.6. The lowest BCUT2D eigenvalue weighted by molar-refractivity contribution is 0.578. The molecule has 1 heterocycles. The van der Waals surface area contributed by atoms with Crippen LogP contribution in [0.4, 0.5) is 11.4 Å². The Labute approximate surface area is 123 Å². The van der Waals surface area contributed by atoms with Crippen LogP contribution in [0.1, 0.15) is 5.56 Å². The summed E-state index contributed by atoms with van der Waals surface area (Å²) >= 11 is 3.01. The Balaban J connectivity index is 2.47.